The number of carbonyl (C=O) groups is 1. The molecule has 1 rings (SSSR count). The molecule has 0 saturated carbocycles. The molecule has 0 aromatic heterocycles. The monoisotopic (exact) mass is 145 g/mol. The Morgan fingerprint density at radius 1 is 1.50 bits per heavy atom. The van der Waals surface area contributed by atoms with Gasteiger partial charge in [-0.3, -0.25) is 4.90 Å². The molecule has 1 fully saturated rings. The second-order valence-corrected chi connectivity index (χ2v) is 2.43. The molecule has 1 aliphatic rings. The lowest BCUT2D eigenvalue weighted by molar-refractivity contribution is -0.823. The average Bonchev–Trinajstić information content (AvgIpc) is 2.05. The molecule has 1 heterocycles. The number of carbonyl (C=O) groups excluding carboxylic acids is 1. The van der Waals surface area contributed by atoms with Gasteiger partial charge in [0.05, 0.1) is 13.1 Å². The van der Waals surface area contributed by atoms with Crippen LogP contribution in [0.5, 0.6) is 0 Å². The number of amides is 1. The predicted molar refractivity (Wildman–Crippen MR) is 35.7 cm³/mol. The number of hydrogen-bond donors (Lipinski definition) is 3. The molecule has 0 aliphatic carbocycles. The minimum Gasteiger partial charge on any atom is -0.382 e. The molecule has 1 aliphatic heterocycles. The van der Waals surface area contributed by atoms with Gasteiger partial charge in [-0.05, 0) is 0 Å². The number of hydrogen-bond acceptors (Lipinski definition) is 3. The number of aliphatic hydroxyl groups excluding tert-OH is 1. The van der Waals surface area contributed by atoms with E-state index in [9.17, 15) is 4.79 Å². The van der Waals surface area contributed by atoms with E-state index in [1.807, 2.05) is 0 Å². The van der Waals surface area contributed by atoms with Crippen LogP contribution >= 0.6 is 0 Å². The van der Waals surface area contributed by atoms with Crippen LogP contribution < -0.4 is 10.2 Å². The van der Waals surface area contributed by atoms with Gasteiger partial charge in [-0.1, -0.05) is 0 Å². The fourth-order valence-corrected chi connectivity index (χ4v) is 1.12. The maximum atomic E-state index is 10.9. The molecule has 0 aromatic carbocycles. The van der Waals surface area contributed by atoms with Crippen molar-refractivity contribution in [3.63, 3.8) is 0 Å². The summed E-state index contributed by atoms with van der Waals surface area (Å²) in [5, 5.41) is 11.6. The summed E-state index contributed by atoms with van der Waals surface area (Å²) in [6.07, 6.45) is 0. The Morgan fingerprint density at radius 3 is 2.60 bits per heavy atom. The smallest absolute Gasteiger partial charge is 0.337 e. The van der Waals surface area contributed by atoms with Gasteiger partial charge in [0.25, 0.3) is 0 Å². The van der Waals surface area contributed by atoms with Crippen LogP contribution in [0.25, 0.3) is 0 Å². The van der Waals surface area contributed by atoms with Gasteiger partial charge in [0.15, 0.2) is 6.61 Å². The van der Waals surface area contributed by atoms with Crippen molar-refractivity contribution in [3.05, 3.63) is 0 Å². The van der Waals surface area contributed by atoms with Crippen LogP contribution in [-0.2, 0) is 4.79 Å². The van der Waals surface area contributed by atoms with E-state index in [0.29, 0.717) is 0 Å². The van der Waals surface area contributed by atoms with Gasteiger partial charge in [0.1, 0.15) is 0 Å². The third-order valence-corrected chi connectivity index (χ3v) is 1.75. The van der Waals surface area contributed by atoms with Crippen LogP contribution in [0.1, 0.15) is 0 Å². The summed E-state index contributed by atoms with van der Waals surface area (Å²) in [6.45, 7) is 3.04. The third-order valence-electron chi connectivity index (χ3n) is 1.75. The average molecular weight is 145 g/mol. The number of quaternary nitrogens is 1. The highest BCUT2D eigenvalue weighted by molar-refractivity contribution is 5.67. The Balaban J connectivity index is 2.31. The van der Waals surface area contributed by atoms with Crippen LogP contribution in [0.2, 0.25) is 0 Å². The molecular formula is C6H13N2O2+. The first-order chi connectivity index (χ1) is 4.84. The maximum Gasteiger partial charge on any atom is 0.337 e. The molecule has 0 spiro atoms. The zero-order valence-electron chi connectivity index (χ0n) is 5.89. The standard InChI is InChI=1S/C6H12N2O2/c9-5-6(10)8-3-1-7-2-4-8/h7,9H,1-5H2/p+1. The molecule has 0 unspecified atom stereocenters. The number of piperazine rings is 1. The lowest BCUT2D eigenvalue weighted by Gasteiger charge is -2.20. The summed E-state index contributed by atoms with van der Waals surface area (Å²) in [5.74, 6) is -0.0819. The van der Waals surface area contributed by atoms with Gasteiger partial charge < -0.3 is 10.4 Å². The molecular weight excluding hydrogens is 132 g/mol. The molecule has 4 nitrogen and oxygen atoms in total. The molecule has 58 valence electrons. The van der Waals surface area contributed by atoms with Crippen LogP contribution in [-0.4, -0.2) is 43.8 Å². The van der Waals surface area contributed by atoms with Crippen LogP contribution in [0.3, 0.4) is 0 Å². The molecule has 10 heavy (non-hydrogen) atoms. The Labute approximate surface area is 59.8 Å². The predicted octanol–water partition coefficient (Wildman–Crippen LogP) is -3.01. The molecule has 1 amide bonds. The zero-order chi connectivity index (χ0) is 7.40. The zero-order valence-corrected chi connectivity index (χ0v) is 5.89. The Kier molecular flexibility index (Phi) is 2.80. The topological polar surface area (TPSA) is 53.8 Å². The summed E-state index contributed by atoms with van der Waals surface area (Å²) < 4.78 is 0. The van der Waals surface area contributed by atoms with Gasteiger partial charge in [-0.25, -0.2) is 4.79 Å². The van der Waals surface area contributed by atoms with E-state index in [4.69, 9.17) is 5.11 Å². The summed E-state index contributed by atoms with van der Waals surface area (Å²) in [6, 6.07) is 0. The SMILES string of the molecule is O=C(CO)[NH+]1CCNCC1. The van der Waals surface area contributed by atoms with Crippen molar-refractivity contribution in [1.82, 2.24) is 5.32 Å². The summed E-state index contributed by atoms with van der Waals surface area (Å²) in [5.41, 5.74) is 0. The van der Waals surface area contributed by atoms with Crippen molar-refractivity contribution in [1.29, 1.82) is 0 Å². The van der Waals surface area contributed by atoms with E-state index < -0.39 is 0 Å². The maximum absolute atomic E-state index is 10.9. The largest absolute Gasteiger partial charge is 0.382 e. The lowest BCUT2D eigenvalue weighted by Crippen LogP contribution is -3.17. The highest BCUT2D eigenvalue weighted by Gasteiger charge is 2.19. The summed E-state index contributed by atoms with van der Waals surface area (Å²) in [7, 11) is 0. The molecule has 1 saturated heterocycles. The van der Waals surface area contributed by atoms with Gasteiger partial charge in [-0.2, -0.15) is 0 Å². The van der Waals surface area contributed by atoms with E-state index in [-0.39, 0.29) is 12.5 Å². The van der Waals surface area contributed by atoms with E-state index >= 15 is 0 Å². The highest BCUT2D eigenvalue weighted by Crippen LogP contribution is 1.64. The first-order valence-electron chi connectivity index (χ1n) is 3.54. The summed E-state index contributed by atoms with van der Waals surface area (Å²) >= 11 is 0. The first-order valence-corrected chi connectivity index (χ1v) is 3.54. The molecule has 0 aromatic rings. The highest BCUT2D eigenvalue weighted by atomic mass is 16.3. The quantitative estimate of drug-likeness (QED) is 0.368. The van der Waals surface area contributed by atoms with Gasteiger partial charge in [0, 0.05) is 13.1 Å². The second-order valence-electron chi connectivity index (χ2n) is 2.43. The number of rotatable bonds is 1. The van der Waals surface area contributed by atoms with E-state index in [1.165, 1.54) is 0 Å². The molecule has 0 radical (unpaired) electrons. The van der Waals surface area contributed by atoms with Crippen molar-refractivity contribution in [2.24, 2.45) is 0 Å². The van der Waals surface area contributed by atoms with Crippen molar-refractivity contribution in [2.45, 2.75) is 0 Å². The van der Waals surface area contributed by atoms with Crippen molar-refractivity contribution < 1.29 is 14.8 Å². The third kappa shape index (κ3) is 1.76. The van der Waals surface area contributed by atoms with Gasteiger partial charge in [-0.15, -0.1) is 0 Å². The van der Waals surface area contributed by atoms with Crippen molar-refractivity contribution in [2.75, 3.05) is 32.8 Å². The molecule has 0 atom stereocenters. The molecule has 0 bridgehead atoms. The van der Waals surface area contributed by atoms with Crippen molar-refractivity contribution >= 4 is 5.91 Å². The van der Waals surface area contributed by atoms with Crippen LogP contribution in [0.4, 0.5) is 0 Å². The number of aliphatic hydroxyl groups is 1. The number of nitrogens with one attached hydrogen (secondary N) is 2. The Bertz CT molecular complexity index is 121. The van der Waals surface area contributed by atoms with Gasteiger partial charge in [0.2, 0.25) is 0 Å². The second kappa shape index (κ2) is 3.65. The van der Waals surface area contributed by atoms with Gasteiger partial charge >= 0.3 is 5.91 Å². The fourth-order valence-electron chi connectivity index (χ4n) is 1.12. The Hall–Kier alpha value is -0.450. The van der Waals surface area contributed by atoms with Crippen LogP contribution in [0, 0.1) is 0 Å². The van der Waals surface area contributed by atoms with E-state index in [2.05, 4.69) is 5.32 Å². The molecule has 4 heteroatoms. The minimum atomic E-state index is -0.324. The summed E-state index contributed by atoms with van der Waals surface area (Å²) in [4.78, 5) is 11.7. The normalized spacial score (nSPS) is 20.9. The Morgan fingerprint density at radius 2 is 2.10 bits per heavy atom. The minimum absolute atomic E-state index is 0.0819. The first kappa shape index (κ1) is 7.65. The van der Waals surface area contributed by atoms with E-state index in [1.54, 1.807) is 0 Å². The van der Waals surface area contributed by atoms with Crippen LogP contribution in [0.15, 0.2) is 0 Å². The lowest BCUT2D eigenvalue weighted by atomic mass is 10.3. The fraction of sp³-hybridized carbons (Fsp3) is 0.833. The van der Waals surface area contributed by atoms with Crippen molar-refractivity contribution in [3.8, 4) is 0 Å². The van der Waals surface area contributed by atoms with E-state index in [0.717, 1.165) is 31.1 Å². The molecule has 3 N–H and O–H groups in total.